The van der Waals surface area contributed by atoms with Crippen LogP contribution in [-0.4, -0.2) is 16.1 Å². The van der Waals surface area contributed by atoms with Crippen LogP contribution in [0.5, 0.6) is 0 Å². The maximum Gasteiger partial charge on any atom is 0.203 e. The summed E-state index contributed by atoms with van der Waals surface area (Å²) in [5.41, 5.74) is 2.29. The molecule has 1 aliphatic rings. The Morgan fingerprint density at radius 3 is 2.83 bits per heavy atom. The van der Waals surface area contributed by atoms with Gasteiger partial charge in [-0.1, -0.05) is 0 Å². The molecule has 1 aromatic carbocycles. The predicted molar refractivity (Wildman–Crippen MR) is 65.4 cm³/mol. The average Bonchev–Trinajstić information content (AvgIpc) is 2.71. The van der Waals surface area contributed by atoms with E-state index in [-0.39, 0.29) is 0 Å². The second kappa shape index (κ2) is 4.08. The molecule has 2 aromatic rings. The van der Waals surface area contributed by atoms with E-state index in [0.717, 1.165) is 37.2 Å². The van der Waals surface area contributed by atoms with Gasteiger partial charge in [0, 0.05) is 24.3 Å². The molecule has 3 rings (SSSR count). The molecule has 0 spiro atoms. The molecule has 0 fully saturated rings. The van der Waals surface area contributed by atoms with E-state index in [1.807, 2.05) is 6.92 Å². The van der Waals surface area contributed by atoms with Gasteiger partial charge in [-0.15, -0.1) is 0 Å². The molecular weight excluding hydrogens is 236 g/mol. The largest absolute Gasteiger partial charge is 0.356 e. The van der Waals surface area contributed by atoms with Crippen LogP contribution < -0.4 is 5.32 Å². The second-order valence-corrected chi connectivity index (χ2v) is 4.43. The van der Waals surface area contributed by atoms with Crippen LogP contribution >= 0.6 is 0 Å². The van der Waals surface area contributed by atoms with E-state index in [9.17, 15) is 8.78 Å². The lowest BCUT2D eigenvalue weighted by Crippen LogP contribution is -2.17. The lowest BCUT2D eigenvalue weighted by atomic mass is 10.1. The molecule has 0 atom stereocenters. The Balaban J connectivity index is 2.11. The summed E-state index contributed by atoms with van der Waals surface area (Å²) in [5.74, 6) is -0.872. The van der Waals surface area contributed by atoms with E-state index in [1.165, 1.54) is 6.07 Å². The van der Waals surface area contributed by atoms with Gasteiger partial charge in [0.2, 0.25) is 5.95 Å². The second-order valence-electron chi connectivity index (χ2n) is 4.43. The van der Waals surface area contributed by atoms with Gasteiger partial charge >= 0.3 is 0 Å². The van der Waals surface area contributed by atoms with Gasteiger partial charge in [0.1, 0.15) is 0 Å². The molecule has 94 valence electrons. The van der Waals surface area contributed by atoms with Crippen LogP contribution in [0.1, 0.15) is 12.1 Å². The van der Waals surface area contributed by atoms with Crippen molar-refractivity contribution in [1.29, 1.82) is 0 Å². The minimum atomic E-state index is -0.842. The van der Waals surface area contributed by atoms with Gasteiger partial charge in [-0.25, -0.2) is 13.8 Å². The van der Waals surface area contributed by atoms with E-state index in [4.69, 9.17) is 0 Å². The summed E-state index contributed by atoms with van der Waals surface area (Å²) in [7, 11) is 0. The van der Waals surface area contributed by atoms with Crippen molar-refractivity contribution in [3.63, 3.8) is 0 Å². The molecule has 0 aliphatic carbocycles. The number of benzene rings is 1. The van der Waals surface area contributed by atoms with E-state index in [0.29, 0.717) is 11.3 Å². The summed E-state index contributed by atoms with van der Waals surface area (Å²) in [6, 6.07) is 3.88. The standard InChI is InChI=1S/C13H13F2N3/c1-8-12(9-3-4-10(14)11(15)7-9)17-13-16-5-2-6-18(8)13/h3-4,7H,2,5-6H2,1H3,(H,16,17). The maximum atomic E-state index is 13.3. The van der Waals surface area contributed by atoms with Crippen LogP contribution in [0.3, 0.4) is 0 Å². The lowest BCUT2D eigenvalue weighted by molar-refractivity contribution is 0.509. The molecule has 2 heterocycles. The summed E-state index contributed by atoms with van der Waals surface area (Å²) < 4.78 is 28.3. The van der Waals surface area contributed by atoms with Crippen LogP contribution in [0.2, 0.25) is 0 Å². The summed E-state index contributed by atoms with van der Waals surface area (Å²) in [6.45, 7) is 3.75. The zero-order chi connectivity index (χ0) is 12.7. The topological polar surface area (TPSA) is 29.9 Å². The maximum absolute atomic E-state index is 13.3. The first-order chi connectivity index (χ1) is 8.66. The van der Waals surface area contributed by atoms with Crippen LogP contribution in [0, 0.1) is 18.6 Å². The van der Waals surface area contributed by atoms with E-state index >= 15 is 0 Å². The number of fused-ring (bicyclic) bond motifs is 1. The van der Waals surface area contributed by atoms with Crippen LogP contribution in [0.15, 0.2) is 18.2 Å². The Hall–Kier alpha value is -1.91. The average molecular weight is 249 g/mol. The smallest absolute Gasteiger partial charge is 0.203 e. The quantitative estimate of drug-likeness (QED) is 0.842. The number of rotatable bonds is 1. The number of hydrogen-bond donors (Lipinski definition) is 1. The third-order valence-electron chi connectivity index (χ3n) is 3.26. The number of halogens is 2. The number of hydrogen-bond acceptors (Lipinski definition) is 2. The molecule has 1 aromatic heterocycles. The first kappa shape index (κ1) is 11.2. The normalized spacial score (nSPS) is 14.2. The Kier molecular flexibility index (Phi) is 2.54. The van der Waals surface area contributed by atoms with Crippen LogP contribution in [-0.2, 0) is 6.54 Å². The summed E-state index contributed by atoms with van der Waals surface area (Å²) in [4.78, 5) is 4.45. The summed E-state index contributed by atoms with van der Waals surface area (Å²) in [6.07, 6.45) is 1.04. The molecule has 3 nitrogen and oxygen atoms in total. The third kappa shape index (κ3) is 1.66. The number of nitrogens with one attached hydrogen (secondary N) is 1. The van der Waals surface area contributed by atoms with E-state index in [2.05, 4.69) is 14.9 Å². The van der Waals surface area contributed by atoms with Gasteiger partial charge in [-0.2, -0.15) is 0 Å². The van der Waals surface area contributed by atoms with E-state index in [1.54, 1.807) is 6.07 Å². The van der Waals surface area contributed by atoms with Crippen molar-refractivity contribution >= 4 is 5.95 Å². The minimum Gasteiger partial charge on any atom is -0.356 e. The van der Waals surface area contributed by atoms with Gasteiger partial charge in [-0.05, 0) is 31.5 Å². The fourth-order valence-electron chi connectivity index (χ4n) is 2.30. The van der Waals surface area contributed by atoms with Gasteiger partial charge in [0.15, 0.2) is 11.6 Å². The Labute approximate surface area is 103 Å². The first-order valence-corrected chi connectivity index (χ1v) is 5.93. The summed E-state index contributed by atoms with van der Waals surface area (Å²) >= 11 is 0. The van der Waals surface area contributed by atoms with Crippen molar-refractivity contribution < 1.29 is 8.78 Å². The minimum absolute atomic E-state index is 0.607. The van der Waals surface area contributed by atoms with Crippen molar-refractivity contribution in [3.05, 3.63) is 35.5 Å². The summed E-state index contributed by atoms with van der Waals surface area (Å²) in [5, 5.41) is 3.20. The molecule has 0 bridgehead atoms. The molecule has 1 N–H and O–H groups in total. The number of aromatic nitrogens is 2. The first-order valence-electron chi connectivity index (χ1n) is 5.93. The van der Waals surface area contributed by atoms with Gasteiger partial charge < -0.3 is 9.88 Å². The monoisotopic (exact) mass is 249 g/mol. The Bertz CT molecular complexity index is 605. The van der Waals surface area contributed by atoms with Crippen LogP contribution in [0.4, 0.5) is 14.7 Å². The Morgan fingerprint density at radius 1 is 1.28 bits per heavy atom. The zero-order valence-electron chi connectivity index (χ0n) is 10.0. The molecule has 18 heavy (non-hydrogen) atoms. The van der Waals surface area contributed by atoms with Gasteiger partial charge in [0.05, 0.1) is 5.69 Å². The third-order valence-corrected chi connectivity index (χ3v) is 3.26. The number of imidazole rings is 1. The number of nitrogens with zero attached hydrogens (tertiary/aromatic N) is 2. The molecular formula is C13H13F2N3. The van der Waals surface area contributed by atoms with Crippen molar-refractivity contribution in [2.45, 2.75) is 19.9 Å². The molecule has 0 saturated carbocycles. The lowest BCUT2D eigenvalue weighted by Gasteiger charge is -2.16. The van der Waals surface area contributed by atoms with E-state index < -0.39 is 11.6 Å². The molecule has 0 saturated heterocycles. The predicted octanol–water partition coefficient (Wildman–Crippen LogP) is 2.95. The SMILES string of the molecule is Cc1c(-c2ccc(F)c(F)c2)nc2n1CCCN2. The molecule has 5 heteroatoms. The van der Waals surface area contributed by atoms with Crippen LogP contribution in [0.25, 0.3) is 11.3 Å². The highest BCUT2D eigenvalue weighted by Gasteiger charge is 2.18. The fraction of sp³-hybridized carbons (Fsp3) is 0.308. The van der Waals surface area contributed by atoms with Crippen molar-refractivity contribution in [1.82, 2.24) is 9.55 Å². The van der Waals surface area contributed by atoms with Gasteiger partial charge in [0.25, 0.3) is 0 Å². The number of anilines is 1. The zero-order valence-corrected chi connectivity index (χ0v) is 10.0. The van der Waals surface area contributed by atoms with Gasteiger partial charge in [-0.3, -0.25) is 0 Å². The highest BCUT2D eigenvalue weighted by Crippen LogP contribution is 2.28. The molecule has 0 radical (unpaired) electrons. The van der Waals surface area contributed by atoms with Crippen molar-refractivity contribution in [3.8, 4) is 11.3 Å². The molecule has 0 amide bonds. The molecule has 1 aliphatic heterocycles. The fourth-order valence-corrected chi connectivity index (χ4v) is 2.30. The highest BCUT2D eigenvalue weighted by molar-refractivity contribution is 5.64. The highest BCUT2D eigenvalue weighted by atomic mass is 19.2. The molecule has 0 unspecified atom stereocenters. The van der Waals surface area contributed by atoms with Crippen molar-refractivity contribution in [2.75, 3.05) is 11.9 Å². The van der Waals surface area contributed by atoms with Crippen molar-refractivity contribution in [2.24, 2.45) is 0 Å². The Morgan fingerprint density at radius 2 is 2.11 bits per heavy atom.